The van der Waals surface area contributed by atoms with Gasteiger partial charge in [0.05, 0.1) is 0 Å². The van der Waals surface area contributed by atoms with Crippen LogP contribution in [0.25, 0.3) is 0 Å². The smallest absolute Gasteiger partial charge is 0.207 e. The van der Waals surface area contributed by atoms with Gasteiger partial charge >= 0.3 is 0 Å². The van der Waals surface area contributed by atoms with Crippen LogP contribution < -0.4 is 5.32 Å². The van der Waals surface area contributed by atoms with Crippen molar-refractivity contribution < 1.29 is 4.79 Å². The molecule has 0 rings (SSSR count). The van der Waals surface area contributed by atoms with Gasteiger partial charge in [0.15, 0.2) is 0 Å². The Morgan fingerprint density at radius 3 is 2.09 bits per heavy atom. The molecule has 1 amide bonds. The number of amides is 1. The molecule has 0 unspecified atom stereocenters. The summed E-state index contributed by atoms with van der Waals surface area (Å²) in [6, 6.07) is 0. The van der Waals surface area contributed by atoms with Gasteiger partial charge in [-0.05, 0) is 19.8 Å². The Kier molecular flexibility index (Phi) is 4.27. The average Bonchev–Trinajstić information content (AvgIpc) is 1.88. The summed E-state index contributed by atoms with van der Waals surface area (Å²) in [6.45, 7) is 9.20. The van der Waals surface area contributed by atoms with E-state index < -0.39 is 0 Å². The number of rotatable bonds is 6. The third-order valence-corrected chi connectivity index (χ3v) is 1.60. The summed E-state index contributed by atoms with van der Waals surface area (Å²) in [6.07, 6.45) is 5.82. The summed E-state index contributed by atoms with van der Waals surface area (Å²) in [5.41, 5.74) is -0.203. The standard InChI is InChI=1S/C9H15NO/c1-4-6-9(3,7-5-2)10-8-11/h4-5,8H,1-2,6-7H2,3H3,(H,10,11). The molecule has 0 saturated carbocycles. The summed E-state index contributed by atoms with van der Waals surface area (Å²) in [5.74, 6) is 0. The molecule has 11 heavy (non-hydrogen) atoms. The minimum atomic E-state index is -0.203. The lowest BCUT2D eigenvalue weighted by atomic mass is 9.94. The lowest BCUT2D eigenvalue weighted by Crippen LogP contribution is -2.40. The van der Waals surface area contributed by atoms with E-state index in [0.717, 1.165) is 12.8 Å². The predicted molar refractivity (Wildman–Crippen MR) is 47.2 cm³/mol. The van der Waals surface area contributed by atoms with E-state index in [2.05, 4.69) is 18.5 Å². The van der Waals surface area contributed by atoms with Crippen LogP contribution in [-0.4, -0.2) is 11.9 Å². The molecule has 0 atom stereocenters. The van der Waals surface area contributed by atoms with Gasteiger partial charge in [0, 0.05) is 5.54 Å². The predicted octanol–water partition coefficient (Wildman–Crippen LogP) is 1.64. The van der Waals surface area contributed by atoms with E-state index >= 15 is 0 Å². The summed E-state index contributed by atoms with van der Waals surface area (Å²) in [7, 11) is 0. The summed E-state index contributed by atoms with van der Waals surface area (Å²) in [4.78, 5) is 10.2. The van der Waals surface area contributed by atoms with Crippen LogP contribution in [0.1, 0.15) is 19.8 Å². The van der Waals surface area contributed by atoms with Crippen molar-refractivity contribution >= 4 is 6.41 Å². The number of carbonyl (C=O) groups is 1. The fourth-order valence-electron chi connectivity index (χ4n) is 0.981. The molecule has 0 radical (unpaired) electrons. The molecule has 0 aliphatic carbocycles. The van der Waals surface area contributed by atoms with Gasteiger partial charge in [-0.3, -0.25) is 4.79 Å². The topological polar surface area (TPSA) is 29.1 Å². The average molecular weight is 153 g/mol. The second-order valence-corrected chi connectivity index (χ2v) is 2.81. The molecule has 0 heterocycles. The van der Waals surface area contributed by atoms with E-state index in [0.29, 0.717) is 6.41 Å². The quantitative estimate of drug-likeness (QED) is 0.456. The van der Waals surface area contributed by atoms with Crippen LogP contribution in [0.5, 0.6) is 0 Å². The van der Waals surface area contributed by atoms with Crippen LogP contribution in [0, 0.1) is 0 Å². The van der Waals surface area contributed by atoms with Crippen LogP contribution in [0.4, 0.5) is 0 Å². The number of carbonyl (C=O) groups excluding carboxylic acids is 1. The molecule has 0 bridgehead atoms. The molecule has 0 aromatic heterocycles. The van der Waals surface area contributed by atoms with Crippen molar-refractivity contribution in [3.05, 3.63) is 25.3 Å². The highest BCUT2D eigenvalue weighted by molar-refractivity contribution is 5.48. The highest BCUT2D eigenvalue weighted by Gasteiger charge is 2.18. The molecule has 0 spiro atoms. The van der Waals surface area contributed by atoms with Crippen molar-refractivity contribution in [2.45, 2.75) is 25.3 Å². The van der Waals surface area contributed by atoms with Crippen molar-refractivity contribution in [3.8, 4) is 0 Å². The summed E-state index contributed by atoms with van der Waals surface area (Å²) < 4.78 is 0. The molecule has 0 aromatic rings. The second kappa shape index (κ2) is 4.72. The summed E-state index contributed by atoms with van der Waals surface area (Å²) in [5, 5.41) is 2.74. The van der Waals surface area contributed by atoms with Gasteiger partial charge in [0.1, 0.15) is 0 Å². The van der Waals surface area contributed by atoms with Crippen LogP contribution in [0.2, 0.25) is 0 Å². The number of hydrogen-bond donors (Lipinski definition) is 1. The first-order valence-corrected chi connectivity index (χ1v) is 3.61. The maximum atomic E-state index is 10.2. The van der Waals surface area contributed by atoms with Gasteiger partial charge in [-0.25, -0.2) is 0 Å². The zero-order valence-electron chi connectivity index (χ0n) is 6.97. The highest BCUT2D eigenvalue weighted by atomic mass is 16.1. The van der Waals surface area contributed by atoms with Gasteiger partial charge in [-0.1, -0.05) is 12.2 Å². The van der Waals surface area contributed by atoms with E-state index in [1.165, 1.54) is 0 Å². The molecule has 0 saturated heterocycles. The van der Waals surface area contributed by atoms with E-state index in [4.69, 9.17) is 0 Å². The first-order valence-electron chi connectivity index (χ1n) is 3.61. The van der Waals surface area contributed by atoms with Gasteiger partial charge in [-0.2, -0.15) is 0 Å². The summed E-state index contributed by atoms with van der Waals surface area (Å²) >= 11 is 0. The number of hydrogen-bond acceptors (Lipinski definition) is 1. The van der Waals surface area contributed by atoms with Crippen LogP contribution in [-0.2, 0) is 4.79 Å². The molecule has 62 valence electrons. The van der Waals surface area contributed by atoms with Crippen molar-refractivity contribution in [3.63, 3.8) is 0 Å². The Labute approximate surface area is 68.0 Å². The first-order chi connectivity index (χ1) is 5.18. The number of nitrogens with one attached hydrogen (secondary N) is 1. The van der Waals surface area contributed by atoms with Gasteiger partial charge in [0.2, 0.25) is 6.41 Å². The van der Waals surface area contributed by atoms with E-state index in [-0.39, 0.29) is 5.54 Å². The Hall–Kier alpha value is -1.05. The second-order valence-electron chi connectivity index (χ2n) is 2.81. The molecule has 0 aromatic carbocycles. The Bertz CT molecular complexity index is 125. The normalized spacial score (nSPS) is 10.3. The van der Waals surface area contributed by atoms with E-state index in [9.17, 15) is 4.79 Å². The highest BCUT2D eigenvalue weighted by Crippen LogP contribution is 2.14. The van der Waals surface area contributed by atoms with Crippen molar-refractivity contribution in [1.29, 1.82) is 0 Å². The largest absolute Gasteiger partial charge is 0.353 e. The molecule has 2 heteroatoms. The molecular formula is C9H15NO. The molecule has 0 aliphatic rings. The van der Waals surface area contributed by atoms with Crippen molar-refractivity contribution in [2.75, 3.05) is 0 Å². The first kappa shape index (κ1) is 9.95. The lowest BCUT2D eigenvalue weighted by molar-refractivity contribution is -0.111. The van der Waals surface area contributed by atoms with Crippen molar-refractivity contribution in [1.82, 2.24) is 5.32 Å². The molecule has 2 nitrogen and oxygen atoms in total. The fraction of sp³-hybridized carbons (Fsp3) is 0.444. The zero-order valence-corrected chi connectivity index (χ0v) is 6.97. The zero-order chi connectivity index (χ0) is 8.74. The molecule has 0 aliphatic heterocycles. The van der Waals surface area contributed by atoms with Gasteiger partial charge < -0.3 is 5.32 Å². The fourth-order valence-corrected chi connectivity index (χ4v) is 0.981. The van der Waals surface area contributed by atoms with E-state index in [1.807, 2.05) is 6.92 Å². The minimum absolute atomic E-state index is 0.203. The van der Waals surface area contributed by atoms with Crippen LogP contribution >= 0.6 is 0 Å². The molecule has 0 fully saturated rings. The maximum Gasteiger partial charge on any atom is 0.207 e. The third-order valence-electron chi connectivity index (χ3n) is 1.60. The minimum Gasteiger partial charge on any atom is -0.353 e. The third kappa shape index (κ3) is 3.61. The Morgan fingerprint density at radius 2 is 1.82 bits per heavy atom. The van der Waals surface area contributed by atoms with Crippen molar-refractivity contribution in [2.24, 2.45) is 0 Å². The van der Waals surface area contributed by atoms with E-state index in [1.54, 1.807) is 12.2 Å². The lowest BCUT2D eigenvalue weighted by Gasteiger charge is -2.25. The molecule has 1 N–H and O–H groups in total. The Balaban J connectivity index is 4.09. The van der Waals surface area contributed by atoms with Gasteiger partial charge in [0.25, 0.3) is 0 Å². The maximum absolute atomic E-state index is 10.2. The monoisotopic (exact) mass is 153 g/mol. The molecular weight excluding hydrogens is 138 g/mol. The Morgan fingerprint density at radius 1 is 1.36 bits per heavy atom. The SMILES string of the molecule is C=CCC(C)(CC=C)NC=O. The van der Waals surface area contributed by atoms with Crippen LogP contribution in [0.15, 0.2) is 25.3 Å². The van der Waals surface area contributed by atoms with Crippen LogP contribution in [0.3, 0.4) is 0 Å². The van der Waals surface area contributed by atoms with Gasteiger partial charge in [-0.15, -0.1) is 13.2 Å².